The zero-order valence-electron chi connectivity index (χ0n) is 34.9. The minimum atomic E-state index is -0.875. The van der Waals surface area contributed by atoms with Crippen LogP contribution < -0.4 is 0 Å². The van der Waals surface area contributed by atoms with E-state index in [1.54, 1.807) is 21.0 Å². The smallest absolute Gasteiger partial charge is 0.310 e. The molecule has 1 heterocycles. The van der Waals surface area contributed by atoms with Crippen molar-refractivity contribution in [3.8, 4) is 0 Å². The Morgan fingerprint density at radius 3 is 2.13 bits per heavy atom. The van der Waals surface area contributed by atoms with Crippen LogP contribution in [0.25, 0.3) is 0 Å². The van der Waals surface area contributed by atoms with Crippen molar-refractivity contribution >= 4 is 18.3 Å². The van der Waals surface area contributed by atoms with Gasteiger partial charge in [0.2, 0.25) is 5.91 Å². The second-order valence-electron chi connectivity index (χ2n) is 21.5. The first-order valence-electron chi connectivity index (χ1n) is 21.6. The van der Waals surface area contributed by atoms with Crippen LogP contribution in [0.4, 0.5) is 0 Å². The minimum Gasteiger partial charge on any atom is -0.462 e. The number of hydrogen-bond donors (Lipinski definition) is 0. The number of carbonyl (C=O) groups excluding carboxylic acids is 3. The molecule has 0 spiro atoms. The third-order valence-corrected chi connectivity index (χ3v) is 18.3. The molecule has 300 valence electrons. The van der Waals surface area contributed by atoms with Crippen molar-refractivity contribution in [3.63, 3.8) is 0 Å². The summed E-state index contributed by atoms with van der Waals surface area (Å²) in [6.45, 7) is 22.1. The number of rotatable bonds is 11. The van der Waals surface area contributed by atoms with Crippen LogP contribution in [0.3, 0.4) is 0 Å². The summed E-state index contributed by atoms with van der Waals surface area (Å²) in [5.74, 6) is 3.02. The van der Waals surface area contributed by atoms with E-state index in [2.05, 4.69) is 46.4 Å². The highest BCUT2D eigenvalue weighted by atomic mass is 16.6. The fraction of sp³-hybridized carbons (Fsp3) is 0.933. The molecule has 6 aliphatic carbocycles. The molecule has 0 aromatic rings. The van der Waals surface area contributed by atoms with Crippen molar-refractivity contribution < 1.29 is 33.3 Å². The summed E-state index contributed by atoms with van der Waals surface area (Å²) >= 11 is 0. The van der Waals surface area contributed by atoms with Crippen molar-refractivity contribution in [2.75, 3.05) is 33.4 Å². The lowest BCUT2D eigenvalue weighted by atomic mass is 9.32. The third kappa shape index (κ3) is 6.33. The number of piperidine rings is 1. The van der Waals surface area contributed by atoms with E-state index in [0.29, 0.717) is 60.6 Å². The number of likely N-dealkylation sites (tertiary alicyclic amines) is 1. The Hall–Kier alpha value is -1.67. The molecule has 6 saturated carbocycles. The van der Waals surface area contributed by atoms with E-state index in [9.17, 15) is 9.59 Å². The van der Waals surface area contributed by atoms with Crippen molar-refractivity contribution in [1.29, 1.82) is 0 Å². The van der Waals surface area contributed by atoms with E-state index < -0.39 is 5.60 Å². The first kappa shape index (κ1) is 39.6. The Morgan fingerprint density at radius 2 is 1.47 bits per heavy atom. The Labute approximate surface area is 320 Å². The van der Waals surface area contributed by atoms with E-state index in [-0.39, 0.29) is 51.7 Å². The largest absolute Gasteiger partial charge is 0.462 e. The highest BCUT2D eigenvalue weighted by Gasteiger charge is 2.73. The first-order valence-corrected chi connectivity index (χ1v) is 21.6. The molecule has 7 fully saturated rings. The van der Waals surface area contributed by atoms with E-state index in [0.717, 1.165) is 64.5 Å². The van der Waals surface area contributed by atoms with E-state index in [1.165, 1.54) is 38.5 Å². The van der Waals surface area contributed by atoms with Crippen LogP contribution in [-0.2, 0) is 33.3 Å². The molecule has 1 amide bonds. The molecule has 10 atom stereocenters. The van der Waals surface area contributed by atoms with Gasteiger partial charge in [0.1, 0.15) is 11.7 Å². The SMILES string of the molecule is COCCOC1CCN(C(=O)[C@]23CC[C@@H](C4(C)CC4)[C@@H]2[C@H]2CC[C@@H]4[C@@]5(C)CC[C@H](OC(=O)CC(C)(C)OC=O)C(C)(C)[C@@H]5CC[C@@]4(C)[C@]2(C)CC3)CC1. The zero-order chi connectivity index (χ0) is 38.2. The molecule has 1 aliphatic heterocycles. The molecule has 7 rings (SSSR count). The fourth-order valence-electron chi connectivity index (χ4n) is 15.1. The summed E-state index contributed by atoms with van der Waals surface area (Å²) in [6, 6.07) is 0. The van der Waals surface area contributed by atoms with Gasteiger partial charge in [0, 0.05) is 25.6 Å². The van der Waals surface area contributed by atoms with Crippen LogP contribution in [0, 0.1) is 62.1 Å². The molecule has 8 nitrogen and oxygen atoms in total. The molecule has 0 bridgehead atoms. The first-order chi connectivity index (χ1) is 24.9. The Kier molecular flexibility index (Phi) is 10.3. The topological polar surface area (TPSA) is 91.4 Å². The average Bonchev–Trinajstić information content (AvgIpc) is 3.71. The molecule has 0 N–H and O–H groups in total. The van der Waals surface area contributed by atoms with Crippen LogP contribution >= 0.6 is 0 Å². The normalized spacial score (nSPS) is 43.1. The second kappa shape index (κ2) is 13.8. The van der Waals surface area contributed by atoms with Crippen LogP contribution in [0.5, 0.6) is 0 Å². The number of esters is 1. The highest BCUT2D eigenvalue weighted by molar-refractivity contribution is 5.84. The standard InChI is InChI=1S/C45H73NO7/c1-39(2,52-29-47)28-36(48)53-35-14-17-42(6)33(40(35,3)4)13-18-44(8)34(42)11-10-32-37-31(41(5)20-21-41)12-19-45(37,23-22-43(32,44)7)38(49)46-24-15-30(16-25-46)51-27-26-50-9/h29-35,37H,10-28H2,1-9H3/t31-,32-,33+,34-,35+,37-,42+,43-,44-,45+/m1/s1. The monoisotopic (exact) mass is 740 g/mol. The van der Waals surface area contributed by atoms with E-state index in [4.69, 9.17) is 18.9 Å². The second-order valence-corrected chi connectivity index (χ2v) is 21.5. The maximum absolute atomic E-state index is 15.1. The third-order valence-electron chi connectivity index (χ3n) is 18.3. The van der Waals surface area contributed by atoms with Crippen molar-refractivity contribution in [2.24, 2.45) is 62.1 Å². The fourth-order valence-corrected chi connectivity index (χ4v) is 15.1. The zero-order valence-corrected chi connectivity index (χ0v) is 34.9. The number of fused-ring (bicyclic) bond motifs is 7. The quantitative estimate of drug-likeness (QED) is 0.119. The summed E-state index contributed by atoms with van der Waals surface area (Å²) in [4.78, 5) is 41.6. The summed E-state index contributed by atoms with van der Waals surface area (Å²) < 4.78 is 22.8. The lowest BCUT2D eigenvalue weighted by molar-refractivity contribution is -0.252. The Bertz CT molecular complexity index is 1400. The molecule has 0 unspecified atom stereocenters. The number of carbonyl (C=O) groups is 3. The predicted octanol–water partition coefficient (Wildman–Crippen LogP) is 8.78. The van der Waals surface area contributed by atoms with E-state index >= 15 is 4.79 Å². The minimum absolute atomic E-state index is 0.0630. The molecular formula is C45H73NO7. The molecule has 8 heteroatoms. The number of hydrogen-bond acceptors (Lipinski definition) is 7. The molecular weight excluding hydrogens is 666 g/mol. The van der Waals surface area contributed by atoms with Gasteiger partial charge in [-0.2, -0.15) is 0 Å². The lowest BCUT2D eigenvalue weighted by Gasteiger charge is -2.73. The molecule has 53 heavy (non-hydrogen) atoms. The van der Waals surface area contributed by atoms with Gasteiger partial charge in [-0.05, 0) is 155 Å². The number of methoxy groups -OCH3 is 1. The predicted molar refractivity (Wildman–Crippen MR) is 205 cm³/mol. The Morgan fingerprint density at radius 1 is 0.755 bits per heavy atom. The van der Waals surface area contributed by atoms with Gasteiger partial charge in [0.05, 0.1) is 31.2 Å². The number of ether oxygens (including phenoxy) is 4. The van der Waals surface area contributed by atoms with Gasteiger partial charge in [-0.15, -0.1) is 0 Å². The molecule has 0 aromatic carbocycles. The maximum Gasteiger partial charge on any atom is 0.310 e. The molecule has 0 radical (unpaired) electrons. The van der Waals surface area contributed by atoms with Gasteiger partial charge < -0.3 is 23.8 Å². The van der Waals surface area contributed by atoms with Crippen LogP contribution in [0.15, 0.2) is 0 Å². The summed E-state index contributed by atoms with van der Waals surface area (Å²) in [5, 5.41) is 0. The van der Waals surface area contributed by atoms with Crippen LogP contribution in [0.1, 0.15) is 152 Å². The van der Waals surface area contributed by atoms with Gasteiger partial charge in [-0.25, -0.2) is 0 Å². The van der Waals surface area contributed by atoms with Crippen molar-refractivity contribution in [1.82, 2.24) is 4.90 Å². The van der Waals surface area contributed by atoms with E-state index in [1.807, 2.05) is 0 Å². The molecule has 7 aliphatic rings. The maximum atomic E-state index is 15.1. The highest BCUT2D eigenvalue weighted by Crippen LogP contribution is 2.79. The lowest BCUT2D eigenvalue weighted by Crippen LogP contribution is -2.67. The summed E-state index contributed by atoms with van der Waals surface area (Å²) in [7, 11) is 1.72. The van der Waals surface area contributed by atoms with Gasteiger partial charge in [-0.1, -0.05) is 41.5 Å². The summed E-state index contributed by atoms with van der Waals surface area (Å²) in [5.41, 5.74) is -0.240. The van der Waals surface area contributed by atoms with Gasteiger partial charge in [0.25, 0.3) is 6.47 Å². The van der Waals surface area contributed by atoms with Crippen LogP contribution in [-0.4, -0.2) is 74.5 Å². The molecule has 0 aromatic heterocycles. The number of amides is 1. The van der Waals surface area contributed by atoms with Gasteiger partial charge >= 0.3 is 5.97 Å². The van der Waals surface area contributed by atoms with Gasteiger partial charge in [0.15, 0.2) is 0 Å². The van der Waals surface area contributed by atoms with Gasteiger partial charge in [-0.3, -0.25) is 14.4 Å². The van der Waals surface area contributed by atoms with Crippen molar-refractivity contribution in [3.05, 3.63) is 0 Å². The Balaban J connectivity index is 1.12. The summed E-state index contributed by atoms with van der Waals surface area (Å²) in [6.07, 6.45) is 16.0. The average molecular weight is 740 g/mol. The van der Waals surface area contributed by atoms with Crippen LogP contribution in [0.2, 0.25) is 0 Å². The van der Waals surface area contributed by atoms with Crippen molar-refractivity contribution in [2.45, 2.75) is 170 Å². The molecule has 1 saturated heterocycles. The number of nitrogens with zero attached hydrogens (tertiary/aromatic N) is 1.